The van der Waals surface area contributed by atoms with Crippen molar-refractivity contribution in [1.29, 1.82) is 5.26 Å². The Hall–Kier alpha value is -2.09. The summed E-state index contributed by atoms with van der Waals surface area (Å²) >= 11 is 0. The van der Waals surface area contributed by atoms with Crippen molar-refractivity contribution in [1.82, 2.24) is 9.88 Å². The molecule has 0 spiro atoms. The molecule has 2 saturated heterocycles. The number of hydrogen-bond acceptors (Lipinski definition) is 4. The zero-order valence-corrected chi connectivity index (χ0v) is 15.9. The van der Waals surface area contributed by atoms with E-state index in [2.05, 4.69) is 17.1 Å². The number of amides is 1. The van der Waals surface area contributed by atoms with Crippen molar-refractivity contribution < 1.29 is 9.53 Å². The van der Waals surface area contributed by atoms with Gasteiger partial charge in [-0.3, -0.25) is 4.98 Å². The Labute approximate surface area is 155 Å². The first-order valence-corrected chi connectivity index (χ1v) is 9.69. The van der Waals surface area contributed by atoms with E-state index in [1.165, 1.54) is 18.4 Å². The summed E-state index contributed by atoms with van der Waals surface area (Å²) in [4.78, 5) is 19.0. The number of fused-ring (bicyclic) bond motifs is 2. The molecule has 1 amide bonds. The van der Waals surface area contributed by atoms with Crippen molar-refractivity contribution >= 4 is 6.09 Å². The Kier molecular flexibility index (Phi) is 3.98. The van der Waals surface area contributed by atoms with E-state index in [9.17, 15) is 10.1 Å². The molecule has 2 bridgehead atoms. The molecule has 5 nitrogen and oxygen atoms in total. The van der Waals surface area contributed by atoms with Gasteiger partial charge in [0.1, 0.15) is 5.60 Å². The SMILES string of the molecule is CC(C)(C)OC(=O)N1C2CCC1CC(C#N)(c1cncc(C3CC3)c1)C2. The third-order valence-electron chi connectivity index (χ3n) is 5.97. The predicted molar refractivity (Wildman–Crippen MR) is 97.6 cm³/mol. The summed E-state index contributed by atoms with van der Waals surface area (Å²) in [5, 5.41) is 10.1. The molecule has 0 N–H and O–H groups in total. The van der Waals surface area contributed by atoms with Crippen LogP contribution in [0.5, 0.6) is 0 Å². The van der Waals surface area contributed by atoms with Crippen LogP contribution in [0.15, 0.2) is 18.5 Å². The summed E-state index contributed by atoms with van der Waals surface area (Å²) in [5.41, 5.74) is 1.26. The van der Waals surface area contributed by atoms with Crippen molar-refractivity contribution in [2.24, 2.45) is 0 Å². The minimum Gasteiger partial charge on any atom is -0.444 e. The van der Waals surface area contributed by atoms with Crippen molar-refractivity contribution in [3.05, 3.63) is 29.6 Å². The highest BCUT2D eigenvalue weighted by atomic mass is 16.6. The van der Waals surface area contributed by atoms with E-state index in [0.29, 0.717) is 18.8 Å². The van der Waals surface area contributed by atoms with Gasteiger partial charge in [0, 0.05) is 24.5 Å². The average molecular weight is 353 g/mol. The van der Waals surface area contributed by atoms with Crippen LogP contribution in [0.4, 0.5) is 4.79 Å². The lowest BCUT2D eigenvalue weighted by molar-refractivity contribution is 0.00232. The van der Waals surface area contributed by atoms with Crippen LogP contribution < -0.4 is 0 Å². The van der Waals surface area contributed by atoms with Gasteiger partial charge < -0.3 is 9.64 Å². The molecule has 138 valence electrons. The van der Waals surface area contributed by atoms with Gasteiger partial charge in [0.05, 0.1) is 11.5 Å². The fourth-order valence-electron chi connectivity index (χ4n) is 4.61. The first kappa shape index (κ1) is 17.3. The molecule has 0 aromatic carbocycles. The van der Waals surface area contributed by atoms with Gasteiger partial charge in [-0.15, -0.1) is 0 Å². The number of carbonyl (C=O) groups excluding carboxylic acids is 1. The molecule has 2 aliphatic heterocycles. The topological polar surface area (TPSA) is 66.2 Å². The molecule has 1 aliphatic carbocycles. The number of aromatic nitrogens is 1. The summed E-state index contributed by atoms with van der Waals surface area (Å²) in [5.74, 6) is 0.622. The molecule has 3 aliphatic rings. The van der Waals surface area contributed by atoms with Gasteiger partial charge in [-0.1, -0.05) is 6.07 Å². The van der Waals surface area contributed by atoms with E-state index in [0.717, 1.165) is 18.4 Å². The van der Waals surface area contributed by atoms with Gasteiger partial charge >= 0.3 is 6.09 Å². The second-order valence-electron chi connectivity index (χ2n) is 9.16. The molecule has 1 aromatic heterocycles. The molecule has 4 rings (SSSR count). The zero-order chi connectivity index (χ0) is 18.5. The van der Waals surface area contributed by atoms with Gasteiger partial charge in [0.15, 0.2) is 0 Å². The van der Waals surface area contributed by atoms with E-state index in [4.69, 9.17) is 4.74 Å². The van der Waals surface area contributed by atoms with Gasteiger partial charge in [-0.25, -0.2) is 4.79 Å². The summed E-state index contributed by atoms with van der Waals surface area (Å²) in [7, 11) is 0. The van der Waals surface area contributed by atoms with Gasteiger partial charge in [0.25, 0.3) is 0 Å². The van der Waals surface area contributed by atoms with Gasteiger partial charge in [-0.05, 0) is 76.3 Å². The van der Waals surface area contributed by atoms with Crippen LogP contribution in [0.3, 0.4) is 0 Å². The zero-order valence-electron chi connectivity index (χ0n) is 15.9. The Morgan fingerprint density at radius 1 is 1.23 bits per heavy atom. The number of ether oxygens (including phenoxy) is 1. The van der Waals surface area contributed by atoms with Crippen molar-refractivity contribution in [2.75, 3.05) is 0 Å². The summed E-state index contributed by atoms with van der Waals surface area (Å²) in [6.45, 7) is 5.68. The molecular formula is C21H27N3O2. The maximum atomic E-state index is 12.7. The number of carbonyl (C=O) groups is 1. The number of hydrogen-bond donors (Lipinski definition) is 0. The molecule has 26 heavy (non-hydrogen) atoms. The largest absolute Gasteiger partial charge is 0.444 e. The molecule has 0 radical (unpaired) electrons. The van der Waals surface area contributed by atoms with Crippen LogP contribution in [0.25, 0.3) is 0 Å². The van der Waals surface area contributed by atoms with Gasteiger partial charge in [0.2, 0.25) is 0 Å². The third-order valence-corrected chi connectivity index (χ3v) is 5.97. The number of piperidine rings is 1. The highest BCUT2D eigenvalue weighted by Gasteiger charge is 2.52. The van der Waals surface area contributed by atoms with E-state index in [1.54, 1.807) is 0 Å². The van der Waals surface area contributed by atoms with Crippen LogP contribution in [-0.2, 0) is 10.2 Å². The monoisotopic (exact) mass is 353 g/mol. The maximum Gasteiger partial charge on any atom is 0.410 e. The summed E-state index contributed by atoms with van der Waals surface area (Å²) < 4.78 is 5.62. The first-order valence-electron chi connectivity index (χ1n) is 9.69. The number of rotatable bonds is 2. The van der Waals surface area contributed by atoms with Crippen molar-refractivity contribution in [3.63, 3.8) is 0 Å². The number of nitriles is 1. The molecule has 3 heterocycles. The lowest BCUT2D eigenvalue weighted by atomic mass is 9.71. The second-order valence-corrected chi connectivity index (χ2v) is 9.16. The minimum absolute atomic E-state index is 0.0767. The van der Waals surface area contributed by atoms with E-state index in [1.807, 2.05) is 38.1 Å². The van der Waals surface area contributed by atoms with E-state index >= 15 is 0 Å². The number of nitrogens with zero attached hydrogens (tertiary/aromatic N) is 3. The quantitative estimate of drug-likeness (QED) is 0.796. The average Bonchev–Trinajstić information content (AvgIpc) is 3.39. The second kappa shape index (κ2) is 5.97. The minimum atomic E-state index is -0.539. The Morgan fingerprint density at radius 2 is 1.88 bits per heavy atom. The number of pyridine rings is 1. The Bertz CT molecular complexity index is 743. The first-order chi connectivity index (χ1) is 12.3. The Balaban J connectivity index is 1.59. The lowest BCUT2D eigenvalue weighted by Crippen LogP contribution is -2.52. The van der Waals surface area contributed by atoms with Gasteiger partial charge in [-0.2, -0.15) is 5.26 Å². The fraction of sp³-hybridized carbons (Fsp3) is 0.667. The predicted octanol–water partition coefficient (Wildman–Crippen LogP) is 4.28. The maximum absolute atomic E-state index is 12.7. The highest BCUT2D eigenvalue weighted by Crippen LogP contribution is 2.48. The van der Waals surface area contributed by atoms with E-state index in [-0.39, 0.29) is 18.2 Å². The summed E-state index contributed by atoms with van der Waals surface area (Å²) in [6, 6.07) is 4.95. The lowest BCUT2D eigenvalue weighted by Gasteiger charge is -2.43. The molecule has 2 atom stereocenters. The molecule has 3 fully saturated rings. The molecule has 2 unspecified atom stereocenters. The van der Waals surface area contributed by atoms with Crippen LogP contribution >= 0.6 is 0 Å². The van der Waals surface area contributed by atoms with E-state index < -0.39 is 11.0 Å². The van der Waals surface area contributed by atoms with Crippen LogP contribution in [0, 0.1) is 11.3 Å². The van der Waals surface area contributed by atoms with Crippen LogP contribution in [-0.4, -0.2) is 33.7 Å². The fourth-order valence-corrected chi connectivity index (χ4v) is 4.61. The molecule has 1 aromatic rings. The van der Waals surface area contributed by atoms with Crippen molar-refractivity contribution in [3.8, 4) is 6.07 Å². The van der Waals surface area contributed by atoms with Crippen LogP contribution in [0.1, 0.15) is 76.3 Å². The summed E-state index contributed by atoms with van der Waals surface area (Å²) in [6.07, 6.45) is 9.26. The highest BCUT2D eigenvalue weighted by molar-refractivity contribution is 5.70. The molecule has 1 saturated carbocycles. The van der Waals surface area contributed by atoms with Crippen LogP contribution in [0.2, 0.25) is 0 Å². The van der Waals surface area contributed by atoms with Crippen molar-refractivity contribution in [2.45, 2.75) is 88.3 Å². The molecule has 5 heteroatoms. The molecular weight excluding hydrogens is 326 g/mol. The third kappa shape index (κ3) is 3.06. The standard InChI is InChI=1S/C21H27N3O2/c1-20(2,3)26-19(25)24-17-6-7-18(24)10-21(9-17,13-22)16-8-15(11-23-12-16)14-4-5-14/h8,11-12,14,17-18H,4-7,9-10H2,1-3H3. The smallest absolute Gasteiger partial charge is 0.410 e. The Morgan fingerprint density at radius 3 is 2.42 bits per heavy atom. The normalized spacial score (nSPS) is 30.8.